The molecule has 0 saturated carbocycles. The summed E-state index contributed by atoms with van der Waals surface area (Å²) in [5.74, 6) is -0.567. The van der Waals surface area contributed by atoms with E-state index < -0.39 is 5.97 Å². The summed E-state index contributed by atoms with van der Waals surface area (Å²) in [6, 6.07) is 10.1. The van der Waals surface area contributed by atoms with Crippen molar-refractivity contribution in [1.82, 2.24) is 9.88 Å². The molecule has 1 fully saturated rings. The number of nitriles is 1. The third kappa shape index (κ3) is 4.80. The van der Waals surface area contributed by atoms with Gasteiger partial charge in [0, 0.05) is 23.6 Å². The average molecular weight is 383 g/mol. The monoisotopic (exact) mass is 383 g/mol. The number of carbonyl (C=O) groups excluding carboxylic acids is 2. The highest BCUT2D eigenvalue weighted by Gasteiger charge is 2.31. The SMILES string of the molecule is C=CCOC(=O)/C(C#N)=C1\SCC(=O)N1CC.Cc1c[nH]c2ccccc12. The molecule has 2 heterocycles. The van der Waals surface area contributed by atoms with Crippen LogP contribution in [0.25, 0.3) is 10.9 Å². The number of hydrogen-bond donors (Lipinski definition) is 1. The number of nitrogens with one attached hydrogen (secondary N) is 1. The van der Waals surface area contributed by atoms with Gasteiger partial charge in [-0.25, -0.2) is 4.79 Å². The van der Waals surface area contributed by atoms with Crippen molar-refractivity contribution in [2.24, 2.45) is 0 Å². The summed E-state index contributed by atoms with van der Waals surface area (Å²) in [6.07, 6.45) is 3.45. The second-order valence-electron chi connectivity index (χ2n) is 5.62. The highest BCUT2D eigenvalue weighted by Crippen LogP contribution is 2.31. The van der Waals surface area contributed by atoms with Crippen LogP contribution in [-0.2, 0) is 14.3 Å². The van der Waals surface area contributed by atoms with Crippen LogP contribution < -0.4 is 0 Å². The van der Waals surface area contributed by atoms with Gasteiger partial charge in [0.05, 0.1) is 5.75 Å². The topological polar surface area (TPSA) is 86.2 Å². The summed E-state index contributed by atoms with van der Waals surface area (Å²) in [4.78, 5) is 27.7. The highest BCUT2D eigenvalue weighted by atomic mass is 32.2. The predicted molar refractivity (Wildman–Crippen MR) is 107 cm³/mol. The van der Waals surface area contributed by atoms with Crippen molar-refractivity contribution in [3.05, 3.63) is 59.3 Å². The molecule has 0 unspecified atom stereocenters. The maximum atomic E-state index is 11.6. The van der Waals surface area contributed by atoms with Crippen LogP contribution in [0.1, 0.15) is 12.5 Å². The van der Waals surface area contributed by atoms with Gasteiger partial charge in [0.15, 0.2) is 5.57 Å². The molecule has 7 heteroatoms. The van der Waals surface area contributed by atoms with Gasteiger partial charge < -0.3 is 14.6 Å². The Hall–Kier alpha value is -2.98. The molecule has 3 rings (SSSR count). The molecule has 0 atom stereocenters. The molecule has 2 aromatic rings. The van der Waals surface area contributed by atoms with E-state index in [1.807, 2.05) is 12.3 Å². The molecule has 1 aliphatic heterocycles. The van der Waals surface area contributed by atoms with Gasteiger partial charge in [-0.3, -0.25) is 4.79 Å². The van der Waals surface area contributed by atoms with Crippen LogP contribution in [0, 0.1) is 18.3 Å². The second kappa shape index (κ2) is 9.64. The fraction of sp³-hybridized carbons (Fsp3) is 0.250. The molecule has 1 amide bonds. The Kier molecular flexibility index (Phi) is 7.26. The number of para-hydroxylation sites is 1. The lowest BCUT2D eigenvalue weighted by atomic mass is 10.2. The van der Waals surface area contributed by atoms with E-state index in [1.165, 1.54) is 39.2 Å². The maximum absolute atomic E-state index is 11.6. The van der Waals surface area contributed by atoms with Crippen LogP contribution in [-0.4, -0.2) is 40.7 Å². The minimum atomic E-state index is -0.719. The quantitative estimate of drug-likeness (QED) is 0.378. The molecule has 1 N–H and O–H groups in total. The van der Waals surface area contributed by atoms with Gasteiger partial charge in [0.2, 0.25) is 5.91 Å². The molecule has 0 radical (unpaired) electrons. The largest absolute Gasteiger partial charge is 0.457 e. The zero-order valence-electron chi connectivity index (χ0n) is 15.3. The number of aromatic nitrogens is 1. The van der Waals surface area contributed by atoms with E-state index in [4.69, 9.17) is 10.00 Å². The van der Waals surface area contributed by atoms with Crippen LogP contribution >= 0.6 is 11.8 Å². The zero-order valence-corrected chi connectivity index (χ0v) is 16.1. The van der Waals surface area contributed by atoms with Crippen molar-refractivity contribution in [2.45, 2.75) is 13.8 Å². The maximum Gasteiger partial charge on any atom is 0.351 e. The van der Waals surface area contributed by atoms with Gasteiger partial charge in [-0.1, -0.05) is 42.6 Å². The fourth-order valence-electron chi connectivity index (χ4n) is 2.53. The average Bonchev–Trinajstić information content (AvgIpc) is 3.24. The number of esters is 1. The molecule has 0 aliphatic carbocycles. The van der Waals surface area contributed by atoms with E-state index in [1.54, 1.807) is 13.0 Å². The summed E-state index contributed by atoms with van der Waals surface area (Å²) in [5, 5.41) is 10.7. The number of thioether (sulfide) groups is 1. The lowest BCUT2D eigenvalue weighted by molar-refractivity contribution is -0.137. The van der Waals surface area contributed by atoms with Gasteiger partial charge >= 0.3 is 5.97 Å². The van der Waals surface area contributed by atoms with E-state index in [2.05, 4.69) is 36.7 Å². The molecule has 1 aromatic carbocycles. The van der Waals surface area contributed by atoms with Crippen molar-refractivity contribution in [3.63, 3.8) is 0 Å². The van der Waals surface area contributed by atoms with Gasteiger partial charge in [-0.2, -0.15) is 5.26 Å². The van der Waals surface area contributed by atoms with Crippen molar-refractivity contribution in [3.8, 4) is 6.07 Å². The Morgan fingerprint density at radius 2 is 2.22 bits per heavy atom. The zero-order chi connectivity index (χ0) is 19.8. The molecule has 0 spiro atoms. The van der Waals surface area contributed by atoms with Crippen LogP contribution in [0.3, 0.4) is 0 Å². The van der Waals surface area contributed by atoms with E-state index in [9.17, 15) is 9.59 Å². The Balaban J connectivity index is 0.000000219. The smallest absolute Gasteiger partial charge is 0.351 e. The van der Waals surface area contributed by atoms with Crippen LogP contribution in [0.15, 0.2) is 53.7 Å². The number of ether oxygens (including phenoxy) is 1. The molecule has 1 aromatic heterocycles. The fourth-order valence-corrected chi connectivity index (χ4v) is 3.61. The molecule has 27 heavy (non-hydrogen) atoms. The third-order valence-corrected chi connectivity index (χ3v) is 4.94. The Labute approximate surface area is 162 Å². The van der Waals surface area contributed by atoms with Crippen molar-refractivity contribution in [2.75, 3.05) is 18.9 Å². The van der Waals surface area contributed by atoms with E-state index in [0.29, 0.717) is 11.6 Å². The lowest BCUT2D eigenvalue weighted by Gasteiger charge is -2.14. The summed E-state index contributed by atoms with van der Waals surface area (Å²) < 4.78 is 4.80. The molecule has 140 valence electrons. The number of benzene rings is 1. The Bertz CT molecular complexity index is 924. The van der Waals surface area contributed by atoms with Gasteiger partial charge in [0.25, 0.3) is 0 Å². The summed E-state index contributed by atoms with van der Waals surface area (Å²) >= 11 is 1.18. The summed E-state index contributed by atoms with van der Waals surface area (Å²) in [5.41, 5.74) is 2.42. The number of fused-ring (bicyclic) bond motifs is 1. The first-order valence-electron chi connectivity index (χ1n) is 8.41. The molecular weight excluding hydrogens is 362 g/mol. The second-order valence-corrected chi connectivity index (χ2v) is 6.59. The predicted octanol–water partition coefficient (Wildman–Crippen LogP) is 3.52. The molecule has 0 bridgehead atoms. The van der Waals surface area contributed by atoms with E-state index >= 15 is 0 Å². The summed E-state index contributed by atoms with van der Waals surface area (Å²) in [6.45, 7) is 7.78. The number of hydrogen-bond acceptors (Lipinski definition) is 5. The van der Waals surface area contributed by atoms with E-state index in [-0.39, 0.29) is 23.8 Å². The normalized spacial score (nSPS) is 15.0. The number of aromatic amines is 1. The number of carbonyl (C=O) groups is 2. The van der Waals surface area contributed by atoms with Gasteiger partial charge in [-0.15, -0.1) is 0 Å². The number of aryl methyl sites for hydroxylation is 1. The number of rotatable bonds is 4. The standard InChI is InChI=1S/C11H12N2O3S.C9H9N/c1-3-5-16-11(15)8(6-12)10-13(4-2)9(14)7-17-10;1-7-6-10-9-5-3-2-4-8(7)9/h3H,1,4-5,7H2,2H3;2-6,10H,1H3/b10-8-;. The molecule has 1 aliphatic rings. The van der Waals surface area contributed by atoms with Crippen molar-refractivity contribution < 1.29 is 14.3 Å². The Morgan fingerprint density at radius 3 is 2.85 bits per heavy atom. The van der Waals surface area contributed by atoms with Crippen LogP contribution in [0.4, 0.5) is 0 Å². The first kappa shape index (κ1) is 20.3. The number of nitrogens with zero attached hydrogens (tertiary/aromatic N) is 2. The molecular formula is C20H21N3O3S. The lowest BCUT2D eigenvalue weighted by Crippen LogP contribution is -2.26. The highest BCUT2D eigenvalue weighted by molar-refractivity contribution is 8.04. The molecule has 6 nitrogen and oxygen atoms in total. The third-order valence-electron chi connectivity index (χ3n) is 3.85. The minimum Gasteiger partial charge on any atom is -0.457 e. The first-order chi connectivity index (χ1) is 13.0. The van der Waals surface area contributed by atoms with Crippen LogP contribution in [0.5, 0.6) is 0 Å². The number of amides is 1. The number of H-pyrrole nitrogens is 1. The van der Waals surface area contributed by atoms with Gasteiger partial charge in [-0.05, 0) is 25.5 Å². The summed E-state index contributed by atoms with van der Waals surface area (Å²) in [7, 11) is 0. The van der Waals surface area contributed by atoms with Crippen molar-refractivity contribution >= 4 is 34.5 Å². The van der Waals surface area contributed by atoms with Crippen LogP contribution in [0.2, 0.25) is 0 Å². The Morgan fingerprint density at radius 1 is 1.48 bits per heavy atom. The molecule has 1 saturated heterocycles. The first-order valence-corrected chi connectivity index (χ1v) is 9.40. The minimum absolute atomic E-state index is 0.0437. The van der Waals surface area contributed by atoms with Crippen molar-refractivity contribution in [1.29, 1.82) is 5.26 Å². The van der Waals surface area contributed by atoms with E-state index in [0.717, 1.165) is 0 Å². The van der Waals surface area contributed by atoms with Gasteiger partial charge in [0.1, 0.15) is 17.7 Å².